The molecule has 0 unspecified atom stereocenters. The minimum atomic E-state index is -2.34. The molecule has 0 aliphatic rings. The molecule has 52 heavy (non-hydrogen) atoms. The first-order chi connectivity index (χ1) is 24.5. The van der Waals surface area contributed by atoms with Gasteiger partial charge in [-0.1, -0.05) is 0 Å². The maximum absolute atomic E-state index is 6.97. The van der Waals surface area contributed by atoms with Crippen LogP contribution in [0.4, 0.5) is 0 Å². The second kappa shape index (κ2) is 15.6. The van der Waals surface area contributed by atoms with Crippen molar-refractivity contribution >= 4 is 77.3 Å². The summed E-state index contributed by atoms with van der Waals surface area (Å²) in [7, 11) is -4.03. The van der Waals surface area contributed by atoms with Crippen molar-refractivity contribution in [3.05, 3.63) is 65.7 Å². The molecular weight excluding hydrogens is 721 g/mol. The Kier molecular flexibility index (Phi) is 12.1. The molecule has 0 atom stereocenters. The van der Waals surface area contributed by atoms with Crippen LogP contribution in [0.3, 0.4) is 0 Å². The van der Waals surface area contributed by atoms with Crippen molar-refractivity contribution in [2.75, 3.05) is 0 Å². The molecule has 0 aliphatic carbocycles. The van der Waals surface area contributed by atoms with Gasteiger partial charge in [0.2, 0.25) is 0 Å². The van der Waals surface area contributed by atoms with Gasteiger partial charge in [0.1, 0.15) is 0 Å². The summed E-state index contributed by atoms with van der Waals surface area (Å²) in [6, 6.07) is 20.8. The molecule has 0 amide bonds. The summed E-state index contributed by atoms with van der Waals surface area (Å²) in [6.07, 6.45) is 0. The monoisotopic (exact) mass is 788 g/mol. The normalized spacial score (nSPS) is 13.1. The summed E-state index contributed by atoms with van der Waals surface area (Å²) in [4.78, 5) is 0. The zero-order valence-corrected chi connectivity index (χ0v) is 39.3. The van der Waals surface area contributed by atoms with Gasteiger partial charge < -0.3 is 0 Å². The Labute approximate surface area is 321 Å². The predicted molar refractivity (Wildman–Crippen MR) is 241 cm³/mol. The average molecular weight is 788 g/mol. The van der Waals surface area contributed by atoms with Gasteiger partial charge in [0.05, 0.1) is 0 Å². The van der Waals surface area contributed by atoms with Crippen LogP contribution in [0.5, 0.6) is 0 Å². The molecule has 1 aromatic heterocycles. The van der Waals surface area contributed by atoms with Gasteiger partial charge in [0, 0.05) is 0 Å². The number of rotatable bonds is 10. The molecular formula is C48H66GeOSi2. The molecule has 1 heterocycles. The summed E-state index contributed by atoms with van der Waals surface area (Å²) < 4.78 is 8.27. The van der Waals surface area contributed by atoms with Crippen LogP contribution in [0, 0.1) is 22.9 Å². The molecule has 1 nitrogen and oxygen atoms in total. The zero-order valence-electron chi connectivity index (χ0n) is 35.2. The van der Waals surface area contributed by atoms with Crippen LogP contribution in [0.15, 0.2) is 59.0 Å². The number of benzene rings is 4. The van der Waals surface area contributed by atoms with E-state index in [1.54, 1.807) is 0 Å². The topological polar surface area (TPSA) is 13.1 Å². The van der Waals surface area contributed by atoms with E-state index in [4.69, 9.17) is 4.42 Å². The van der Waals surface area contributed by atoms with Gasteiger partial charge in [-0.15, -0.1) is 0 Å². The van der Waals surface area contributed by atoms with Crippen molar-refractivity contribution in [1.82, 2.24) is 0 Å². The Morgan fingerprint density at radius 3 is 1.19 bits per heavy atom. The summed E-state index contributed by atoms with van der Waals surface area (Å²) in [6.45, 7) is 36.2. The Bertz CT molecular complexity index is 2010. The molecule has 0 fully saturated rings. The summed E-state index contributed by atoms with van der Waals surface area (Å²) in [5.74, 6) is 8.04. The molecule has 0 N–H and O–H groups in total. The molecule has 0 spiro atoms. The number of fused-ring (bicyclic) bond motifs is 4. The SMILES string of the molecule is C[CH2][Ge]([CH2]C)([CH2]C)[c]1cc2cc3c(C#C[Si](C(C)C)(C(C)C)C(C)C)c4cc5ccccc5cc4c(C#C[Si](C(C)C)(C(C)C)C(C)C)c3cc2o1. The van der Waals surface area contributed by atoms with Crippen LogP contribution in [-0.4, -0.2) is 29.4 Å². The van der Waals surface area contributed by atoms with Gasteiger partial charge in [-0.05, 0) is 0 Å². The van der Waals surface area contributed by atoms with E-state index in [9.17, 15) is 0 Å². The fraction of sp³-hybridized carbons (Fsp3) is 0.500. The van der Waals surface area contributed by atoms with Gasteiger partial charge in [-0.25, -0.2) is 0 Å². The third-order valence-corrected chi connectivity index (χ3v) is 37.5. The summed E-state index contributed by atoms with van der Waals surface area (Å²) >= 11 is -2.34. The number of hydrogen-bond donors (Lipinski definition) is 0. The van der Waals surface area contributed by atoms with Crippen LogP contribution >= 0.6 is 0 Å². The van der Waals surface area contributed by atoms with Gasteiger partial charge in [0.25, 0.3) is 0 Å². The first kappa shape index (κ1) is 40.5. The van der Waals surface area contributed by atoms with Crippen LogP contribution in [-0.2, 0) is 0 Å². The van der Waals surface area contributed by atoms with Crippen LogP contribution in [0.2, 0.25) is 49.0 Å². The van der Waals surface area contributed by atoms with E-state index in [0.717, 1.165) is 11.1 Å². The van der Waals surface area contributed by atoms with Crippen molar-refractivity contribution in [3.63, 3.8) is 0 Å². The summed E-state index contributed by atoms with van der Waals surface area (Å²) in [5, 5.41) is 12.3. The van der Waals surface area contributed by atoms with E-state index >= 15 is 0 Å². The van der Waals surface area contributed by atoms with Crippen molar-refractivity contribution in [3.8, 4) is 22.9 Å². The van der Waals surface area contributed by atoms with Gasteiger partial charge in [-0.3, -0.25) is 0 Å². The summed E-state index contributed by atoms with van der Waals surface area (Å²) in [5.41, 5.74) is 15.0. The van der Waals surface area contributed by atoms with Crippen molar-refractivity contribution in [1.29, 1.82) is 0 Å². The van der Waals surface area contributed by atoms with Gasteiger partial charge in [-0.2, -0.15) is 0 Å². The molecule has 0 saturated carbocycles. The Balaban J connectivity index is 2.05. The van der Waals surface area contributed by atoms with Gasteiger partial charge >= 0.3 is 323 Å². The Hall–Kier alpha value is -2.70. The van der Waals surface area contributed by atoms with Crippen LogP contribution < -0.4 is 4.59 Å². The molecule has 5 rings (SSSR count). The third kappa shape index (κ3) is 6.67. The van der Waals surface area contributed by atoms with E-state index in [2.05, 4.69) is 181 Å². The minimum absolute atomic E-state index is 0.556. The van der Waals surface area contributed by atoms with Crippen molar-refractivity contribution in [2.24, 2.45) is 0 Å². The molecule has 4 heteroatoms. The van der Waals surface area contributed by atoms with E-state index in [-0.39, 0.29) is 0 Å². The first-order valence-electron chi connectivity index (χ1n) is 20.5. The van der Waals surface area contributed by atoms with Crippen LogP contribution in [0.1, 0.15) is 115 Å². The second-order valence-electron chi connectivity index (χ2n) is 17.7. The predicted octanol–water partition coefficient (Wildman–Crippen LogP) is 14.7. The van der Waals surface area contributed by atoms with Crippen LogP contribution in [0.25, 0.3) is 43.3 Å². The molecule has 5 aromatic rings. The molecule has 276 valence electrons. The number of hydrogen-bond acceptors (Lipinski definition) is 1. The molecule has 4 aromatic carbocycles. The molecule has 0 radical (unpaired) electrons. The zero-order chi connectivity index (χ0) is 38.3. The molecule has 0 saturated heterocycles. The third-order valence-electron chi connectivity index (χ3n) is 13.7. The van der Waals surface area contributed by atoms with E-state index in [0.29, 0.717) is 33.2 Å². The molecule has 0 bridgehead atoms. The standard InChI is InChI=1S/C48H66GeOSi2/c1-16-49(17-2,18-3)48-30-40-29-45-41(23-25-51(32(4)5,33(6)7)34(8)9)43-27-38-21-19-20-22-39(38)28-44(43)42(46(45)31-47(40)50-48)24-26-52(35(10)11,36(12)13)37(14)15/h19-22,27-37H,16-18H2,1-15H3. The average Bonchev–Trinajstić information content (AvgIpc) is 3.51. The van der Waals surface area contributed by atoms with Crippen molar-refractivity contribution in [2.45, 2.75) is 153 Å². The van der Waals surface area contributed by atoms with E-state index < -0.39 is 29.4 Å². The Morgan fingerprint density at radius 2 is 0.846 bits per heavy atom. The fourth-order valence-corrected chi connectivity index (χ4v) is 27.9. The number of furan rings is 1. The quantitative estimate of drug-likeness (QED) is 0.0781. The van der Waals surface area contributed by atoms with E-state index in [1.807, 2.05) is 0 Å². The van der Waals surface area contributed by atoms with Crippen molar-refractivity contribution < 1.29 is 4.42 Å². The first-order valence-corrected chi connectivity index (χ1v) is 30.4. The molecule has 0 aliphatic heterocycles. The van der Waals surface area contributed by atoms with E-state index in [1.165, 1.54) is 63.6 Å². The van der Waals surface area contributed by atoms with Gasteiger partial charge in [0.15, 0.2) is 0 Å². The second-order valence-corrected chi connectivity index (χ2v) is 39.7. The maximum atomic E-state index is 6.97. The Morgan fingerprint density at radius 1 is 0.500 bits per heavy atom. The fourth-order valence-electron chi connectivity index (χ4n) is 10.5.